The lowest BCUT2D eigenvalue weighted by Gasteiger charge is -1.93. The van der Waals surface area contributed by atoms with Gasteiger partial charge in [-0.3, -0.25) is 0 Å². The Kier molecular flexibility index (Phi) is 2.11. The summed E-state index contributed by atoms with van der Waals surface area (Å²) in [5, 5.41) is 4.72. The molecule has 100 valence electrons. The lowest BCUT2D eigenvalue weighted by atomic mass is 10.1. The van der Waals surface area contributed by atoms with Crippen LogP contribution in [0.5, 0.6) is 0 Å². The van der Waals surface area contributed by atoms with Gasteiger partial charge in [0.2, 0.25) is 0 Å². The SMILES string of the molecule is Brc1ccc2[nH]c3c(ccc4c5ccccc5oc43)c2c1. The number of nitrogens with one attached hydrogen (secondary N) is 1. The molecule has 0 unspecified atom stereocenters. The molecule has 0 amide bonds. The highest BCUT2D eigenvalue weighted by Crippen LogP contribution is 2.37. The predicted octanol–water partition coefficient (Wildman–Crippen LogP) is 5.98. The lowest BCUT2D eigenvalue weighted by molar-refractivity contribution is 0.672. The summed E-state index contributed by atoms with van der Waals surface area (Å²) in [7, 11) is 0. The highest BCUT2D eigenvalue weighted by molar-refractivity contribution is 9.10. The number of fused-ring (bicyclic) bond motifs is 7. The van der Waals surface area contributed by atoms with E-state index in [4.69, 9.17) is 4.42 Å². The smallest absolute Gasteiger partial charge is 0.159 e. The number of furan rings is 1. The van der Waals surface area contributed by atoms with Gasteiger partial charge in [0.1, 0.15) is 5.58 Å². The van der Waals surface area contributed by atoms with Crippen molar-refractivity contribution in [3.63, 3.8) is 0 Å². The zero-order valence-electron chi connectivity index (χ0n) is 11.0. The van der Waals surface area contributed by atoms with Crippen LogP contribution in [0, 0.1) is 0 Å². The molecular weight excluding hydrogens is 326 g/mol. The molecule has 2 aromatic heterocycles. The Hall–Kier alpha value is -2.26. The second-order valence-corrected chi connectivity index (χ2v) is 6.19. The summed E-state index contributed by atoms with van der Waals surface area (Å²) in [6.07, 6.45) is 0. The van der Waals surface area contributed by atoms with Gasteiger partial charge in [0.15, 0.2) is 5.58 Å². The summed E-state index contributed by atoms with van der Waals surface area (Å²) in [6, 6.07) is 18.8. The van der Waals surface area contributed by atoms with Crippen molar-refractivity contribution in [2.24, 2.45) is 0 Å². The molecule has 0 bridgehead atoms. The van der Waals surface area contributed by atoms with Gasteiger partial charge in [-0.15, -0.1) is 0 Å². The molecule has 0 spiro atoms. The minimum atomic E-state index is 0.930. The van der Waals surface area contributed by atoms with Crippen LogP contribution in [0.25, 0.3) is 43.7 Å². The van der Waals surface area contributed by atoms with E-state index in [0.29, 0.717) is 0 Å². The summed E-state index contributed by atoms with van der Waals surface area (Å²) in [6.45, 7) is 0. The molecule has 0 saturated heterocycles. The maximum Gasteiger partial charge on any atom is 0.159 e. The molecule has 3 heteroatoms. The number of aromatic amines is 1. The molecule has 1 N–H and O–H groups in total. The third-order valence-corrected chi connectivity index (χ3v) is 4.57. The predicted molar refractivity (Wildman–Crippen MR) is 90.8 cm³/mol. The van der Waals surface area contributed by atoms with Crippen LogP contribution < -0.4 is 0 Å². The second kappa shape index (κ2) is 3.89. The number of rotatable bonds is 0. The molecule has 0 saturated carbocycles. The van der Waals surface area contributed by atoms with E-state index in [2.05, 4.69) is 51.2 Å². The minimum Gasteiger partial charge on any atom is -0.454 e. The number of hydrogen-bond donors (Lipinski definition) is 1. The summed E-state index contributed by atoms with van der Waals surface area (Å²) < 4.78 is 7.17. The molecule has 0 atom stereocenters. The summed E-state index contributed by atoms with van der Waals surface area (Å²) in [5.41, 5.74) is 4.05. The van der Waals surface area contributed by atoms with E-state index in [9.17, 15) is 0 Å². The van der Waals surface area contributed by atoms with Crippen molar-refractivity contribution >= 4 is 59.7 Å². The molecular formula is C18H10BrNO. The van der Waals surface area contributed by atoms with Gasteiger partial charge in [0, 0.05) is 31.5 Å². The maximum absolute atomic E-state index is 6.08. The minimum absolute atomic E-state index is 0.930. The second-order valence-electron chi connectivity index (χ2n) is 5.28. The van der Waals surface area contributed by atoms with E-state index >= 15 is 0 Å². The highest BCUT2D eigenvalue weighted by atomic mass is 79.9. The van der Waals surface area contributed by atoms with E-state index in [0.717, 1.165) is 37.4 Å². The molecule has 0 radical (unpaired) electrons. The van der Waals surface area contributed by atoms with E-state index in [1.165, 1.54) is 10.8 Å². The molecule has 0 aliphatic carbocycles. The number of H-pyrrole nitrogens is 1. The van der Waals surface area contributed by atoms with Crippen LogP contribution in [0.15, 0.2) is 63.5 Å². The monoisotopic (exact) mass is 335 g/mol. The molecule has 0 fully saturated rings. The van der Waals surface area contributed by atoms with Gasteiger partial charge in [0.05, 0.1) is 5.52 Å². The van der Waals surface area contributed by atoms with Crippen LogP contribution in [0.1, 0.15) is 0 Å². The average molecular weight is 336 g/mol. The van der Waals surface area contributed by atoms with Crippen LogP contribution in [0.4, 0.5) is 0 Å². The van der Waals surface area contributed by atoms with Crippen molar-refractivity contribution in [2.75, 3.05) is 0 Å². The van der Waals surface area contributed by atoms with Crippen LogP contribution >= 0.6 is 15.9 Å². The van der Waals surface area contributed by atoms with Crippen molar-refractivity contribution in [1.82, 2.24) is 4.98 Å². The van der Waals surface area contributed by atoms with Crippen molar-refractivity contribution in [3.8, 4) is 0 Å². The van der Waals surface area contributed by atoms with E-state index in [1.54, 1.807) is 0 Å². The zero-order chi connectivity index (χ0) is 14.0. The summed E-state index contributed by atoms with van der Waals surface area (Å²) in [4.78, 5) is 3.49. The average Bonchev–Trinajstić information content (AvgIpc) is 3.05. The van der Waals surface area contributed by atoms with Gasteiger partial charge < -0.3 is 9.40 Å². The zero-order valence-corrected chi connectivity index (χ0v) is 12.6. The van der Waals surface area contributed by atoms with Crippen LogP contribution in [0.2, 0.25) is 0 Å². The van der Waals surface area contributed by atoms with Gasteiger partial charge >= 0.3 is 0 Å². The van der Waals surface area contributed by atoms with Crippen LogP contribution in [0.3, 0.4) is 0 Å². The fourth-order valence-corrected chi connectivity index (χ4v) is 3.48. The molecule has 2 heterocycles. The Labute approximate surface area is 128 Å². The summed E-state index contributed by atoms with van der Waals surface area (Å²) >= 11 is 3.54. The van der Waals surface area contributed by atoms with Crippen molar-refractivity contribution in [1.29, 1.82) is 0 Å². The molecule has 5 aromatic rings. The third-order valence-electron chi connectivity index (χ3n) is 4.08. The van der Waals surface area contributed by atoms with Crippen molar-refractivity contribution < 1.29 is 4.42 Å². The Morgan fingerprint density at radius 3 is 2.62 bits per heavy atom. The third kappa shape index (κ3) is 1.47. The Balaban J connectivity index is 2.06. The van der Waals surface area contributed by atoms with Gasteiger partial charge in [0.25, 0.3) is 0 Å². The Bertz CT molecular complexity index is 1150. The highest BCUT2D eigenvalue weighted by Gasteiger charge is 2.13. The van der Waals surface area contributed by atoms with Gasteiger partial charge in [-0.1, -0.05) is 40.2 Å². The fourth-order valence-electron chi connectivity index (χ4n) is 3.12. The molecule has 0 aliphatic heterocycles. The number of halogens is 1. The first-order valence-electron chi connectivity index (χ1n) is 6.82. The van der Waals surface area contributed by atoms with E-state index in [-0.39, 0.29) is 0 Å². The molecule has 21 heavy (non-hydrogen) atoms. The van der Waals surface area contributed by atoms with Crippen LogP contribution in [-0.4, -0.2) is 4.98 Å². The fraction of sp³-hybridized carbons (Fsp3) is 0. The molecule has 2 nitrogen and oxygen atoms in total. The first kappa shape index (κ1) is 11.4. The lowest BCUT2D eigenvalue weighted by Crippen LogP contribution is -1.69. The van der Waals surface area contributed by atoms with E-state index < -0.39 is 0 Å². The first-order chi connectivity index (χ1) is 10.3. The maximum atomic E-state index is 6.08. The first-order valence-corrected chi connectivity index (χ1v) is 7.62. The summed E-state index contributed by atoms with van der Waals surface area (Å²) in [5.74, 6) is 0. The number of hydrogen-bond acceptors (Lipinski definition) is 1. The van der Waals surface area contributed by atoms with E-state index in [1.807, 2.05) is 24.3 Å². The Morgan fingerprint density at radius 2 is 1.67 bits per heavy atom. The van der Waals surface area contributed by atoms with Gasteiger partial charge in [-0.2, -0.15) is 0 Å². The number of benzene rings is 3. The van der Waals surface area contributed by atoms with Gasteiger partial charge in [-0.05, 0) is 30.3 Å². The molecule has 5 rings (SSSR count). The van der Waals surface area contributed by atoms with Crippen molar-refractivity contribution in [3.05, 3.63) is 59.1 Å². The van der Waals surface area contributed by atoms with Crippen molar-refractivity contribution in [2.45, 2.75) is 0 Å². The quantitative estimate of drug-likeness (QED) is 0.370. The standard InChI is InChI=1S/C18H10BrNO/c19-10-5-8-15-14(9-10)12-6-7-13-11-3-1-2-4-16(11)21-18(13)17(12)20-15/h1-9,20H. The molecule has 3 aromatic carbocycles. The van der Waals surface area contributed by atoms with Crippen LogP contribution in [-0.2, 0) is 0 Å². The largest absolute Gasteiger partial charge is 0.454 e. The normalized spacial score (nSPS) is 12.0. The number of para-hydroxylation sites is 1. The topological polar surface area (TPSA) is 28.9 Å². The van der Waals surface area contributed by atoms with Gasteiger partial charge in [-0.25, -0.2) is 0 Å². The Morgan fingerprint density at radius 1 is 0.810 bits per heavy atom. The molecule has 0 aliphatic rings. The number of aromatic nitrogens is 1.